The first-order valence-corrected chi connectivity index (χ1v) is 9.08. The SMILES string of the molecule is C=C1C(=O)C=CC2(C)C1(O)CCC1Cc3c([nH]c4ccccc34)C12C. The first-order chi connectivity index (χ1) is 11.8. The van der Waals surface area contributed by atoms with E-state index in [2.05, 4.69) is 43.6 Å². The van der Waals surface area contributed by atoms with Gasteiger partial charge in [-0.15, -0.1) is 0 Å². The maximum absolute atomic E-state index is 12.2. The summed E-state index contributed by atoms with van der Waals surface area (Å²) in [4.78, 5) is 15.9. The lowest BCUT2D eigenvalue weighted by molar-refractivity contribution is -0.132. The van der Waals surface area contributed by atoms with E-state index < -0.39 is 11.0 Å². The Kier molecular flexibility index (Phi) is 2.63. The first kappa shape index (κ1) is 15.2. The number of nitrogens with one attached hydrogen (secondary N) is 1. The normalized spacial score (nSPS) is 39.4. The smallest absolute Gasteiger partial charge is 0.183 e. The van der Waals surface area contributed by atoms with Gasteiger partial charge in [0.05, 0.1) is 0 Å². The zero-order chi connectivity index (χ0) is 17.6. The lowest BCUT2D eigenvalue weighted by Gasteiger charge is -2.60. The standard InChI is InChI=1S/C22H23NO2/c1-13-18(24)9-10-20(2)21(3)14(8-11-22(13,20)25)12-16-15-6-4-5-7-17(15)23-19(16)21/h4-7,9-10,14,23,25H,1,8,11-12H2,2-3H3. The summed E-state index contributed by atoms with van der Waals surface area (Å²) in [5.74, 6) is 0.311. The summed E-state index contributed by atoms with van der Waals surface area (Å²) in [6, 6.07) is 8.43. The van der Waals surface area contributed by atoms with Crippen LogP contribution in [0.3, 0.4) is 0 Å². The van der Waals surface area contributed by atoms with Crippen molar-refractivity contribution in [1.82, 2.24) is 4.98 Å². The Balaban J connectivity index is 1.81. The van der Waals surface area contributed by atoms with E-state index in [1.54, 1.807) is 6.08 Å². The monoisotopic (exact) mass is 333 g/mol. The summed E-state index contributed by atoms with van der Waals surface area (Å²) in [5.41, 5.74) is 2.12. The van der Waals surface area contributed by atoms with Gasteiger partial charge in [-0.2, -0.15) is 0 Å². The van der Waals surface area contributed by atoms with Crippen molar-refractivity contribution < 1.29 is 9.90 Å². The molecular formula is C22H23NO2. The molecule has 128 valence electrons. The van der Waals surface area contributed by atoms with Gasteiger partial charge in [-0.1, -0.05) is 44.7 Å². The largest absolute Gasteiger partial charge is 0.384 e. The van der Waals surface area contributed by atoms with Gasteiger partial charge in [0.25, 0.3) is 0 Å². The van der Waals surface area contributed by atoms with Crippen molar-refractivity contribution in [2.24, 2.45) is 11.3 Å². The number of carbonyl (C=O) groups is 1. The molecule has 0 bridgehead atoms. The lowest BCUT2D eigenvalue weighted by atomic mass is 9.45. The minimum Gasteiger partial charge on any atom is -0.384 e. The molecule has 0 aliphatic heterocycles. The highest BCUT2D eigenvalue weighted by atomic mass is 16.3. The first-order valence-electron chi connectivity index (χ1n) is 9.08. The molecular weight excluding hydrogens is 310 g/mol. The summed E-state index contributed by atoms with van der Waals surface area (Å²) in [5, 5.41) is 12.9. The fraction of sp³-hybridized carbons (Fsp3) is 0.409. The molecule has 2 N–H and O–H groups in total. The van der Waals surface area contributed by atoms with Crippen molar-refractivity contribution >= 4 is 16.7 Å². The number of fused-ring (bicyclic) bond motifs is 7. The molecule has 1 fully saturated rings. The highest BCUT2D eigenvalue weighted by molar-refractivity contribution is 6.06. The van der Waals surface area contributed by atoms with Crippen molar-refractivity contribution in [3.05, 3.63) is 59.8 Å². The molecule has 3 nitrogen and oxygen atoms in total. The fourth-order valence-electron chi connectivity index (χ4n) is 5.98. The van der Waals surface area contributed by atoms with E-state index in [-0.39, 0.29) is 11.2 Å². The van der Waals surface area contributed by atoms with Crippen LogP contribution in [-0.2, 0) is 16.6 Å². The quantitative estimate of drug-likeness (QED) is 0.720. The van der Waals surface area contributed by atoms with Gasteiger partial charge in [0.1, 0.15) is 5.60 Å². The van der Waals surface area contributed by atoms with E-state index in [4.69, 9.17) is 0 Å². The van der Waals surface area contributed by atoms with Crippen LogP contribution in [0.2, 0.25) is 0 Å². The third kappa shape index (κ3) is 1.46. The van der Waals surface area contributed by atoms with Crippen LogP contribution in [-0.4, -0.2) is 21.5 Å². The van der Waals surface area contributed by atoms with Gasteiger partial charge in [-0.05, 0) is 42.9 Å². The van der Waals surface area contributed by atoms with Crippen LogP contribution in [0.1, 0.15) is 37.9 Å². The summed E-state index contributed by atoms with van der Waals surface area (Å²) in [6.45, 7) is 8.34. The summed E-state index contributed by atoms with van der Waals surface area (Å²) < 4.78 is 0. The van der Waals surface area contributed by atoms with Crippen LogP contribution in [0, 0.1) is 11.3 Å². The number of rotatable bonds is 0. The van der Waals surface area contributed by atoms with Crippen molar-refractivity contribution in [2.75, 3.05) is 0 Å². The Labute approximate surface area is 147 Å². The minimum atomic E-state index is -1.18. The molecule has 1 aromatic carbocycles. The van der Waals surface area contributed by atoms with Gasteiger partial charge >= 0.3 is 0 Å². The highest BCUT2D eigenvalue weighted by Crippen LogP contribution is 2.66. The number of ketones is 1. The molecule has 1 aromatic heterocycles. The zero-order valence-electron chi connectivity index (χ0n) is 14.7. The van der Waals surface area contributed by atoms with E-state index in [0.29, 0.717) is 17.9 Å². The number of para-hydroxylation sites is 1. The summed E-state index contributed by atoms with van der Waals surface area (Å²) in [7, 11) is 0. The van der Waals surface area contributed by atoms with Gasteiger partial charge < -0.3 is 10.1 Å². The second kappa shape index (κ2) is 4.34. The van der Waals surface area contributed by atoms with Crippen LogP contribution in [0.25, 0.3) is 10.9 Å². The molecule has 1 saturated carbocycles. The van der Waals surface area contributed by atoms with E-state index in [9.17, 15) is 9.90 Å². The summed E-state index contributed by atoms with van der Waals surface area (Å²) >= 11 is 0. The topological polar surface area (TPSA) is 53.1 Å². The molecule has 0 amide bonds. The predicted octanol–water partition coefficient (Wildman–Crippen LogP) is 3.82. The second-order valence-corrected chi connectivity index (χ2v) is 8.40. The fourth-order valence-corrected chi connectivity index (χ4v) is 5.98. The van der Waals surface area contributed by atoms with Gasteiger partial charge in [-0.25, -0.2) is 0 Å². The third-order valence-electron chi connectivity index (χ3n) is 7.76. The van der Waals surface area contributed by atoms with Gasteiger partial charge in [0.2, 0.25) is 0 Å². The molecule has 5 rings (SSSR count). The average molecular weight is 333 g/mol. The molecule has 3 aliphatic rings. The maximum Gasteiger partial charge on any atom is 0.183 e. The number of carbonyl (C=O) groups excluding carboxylic acids is 1. The van der Waals surface area contributed by atoms with Crippen LogP contribution in [0.5, 0.6) is 0 Å². The Bertz CT molecular complexity index is 983. The molecule has 0 spiro atoms. The number of aliphatic hydroxyl groups is 1. The predicted molar refractivity (Wildman–Crippen MR) is 98.4 cm³/mol. The average Bonchev–Trinajstić information content (AvgIpc) is 3.10. The van der Waals surface area contributed by atoms with Crippen LogP contribution in [0.4, 0.5) is 0 Å². The Hall–Kier alpha value is -2.13. The van der Waals surface area contributed by atoms with E-state index in [0.717, 1.165) is 18.4 Å². The molecule has 0 radical (unpaired) electrons. The number of aromatic amines is 1. The Morgan fingerprint density at radius 2 is 2.04 bits per heavy atom. The molecule has 2 aromatic rings. The number of H-pyrrole nitrogens is 1. The van der Waals surface area contributed by atoms with Gasteiger partial charge in [0.15, 0.2) is 5.78 Å². The van der Waals surface area contributed by atoms with Crippen LogP contribution in [0.15, 0.2) is 48.6 Å². The molecule has 25 heavy (non-hydrogen) atoms. The molecule has 1 heterocycles. The molecule has 4 unspecified atom stereocenters. The van der Waals surface area contributed by atoms with E-state index in [1.807, 2.05) is 12.1 Å². The van der Waals surface area contributed by atoms with Gasteiger partial charge in [0, 0.05) is 33.0 Å². The Morgan fingerprint density at radius 1 is 1.28 bits per heavy atom. The second-order valence-electron chi connectivity index (χ2n) is 8.40. The number of hydrogen-bond donors (Lipinski definition) is 2. The molecule has 3 aliphatic carbocycles. The Morgan fingerprint density at radius 3 is 2.84 bits per heavy atom. The lowest BCUT2D eigenvalue weighted by Crippen LogP contribution is -2.64. The molecule has 4 atom stereocenters. The zero-order valence-corrected chi connectivity index (χ0v) is 14.7. The van der Waals surface area contributed by atoms with E-state index >= 15 is 0 Å². The van der Waals surface area contributed by atoms with E-state index in [1.165, 1.54) is 16.6 Å². The maximum atomic E-state index is 12.2. The van der Waals surface area contributed by atoms with Crippen molar-refractivity contribution in [2.45, 2.75) is 44.1 Å². The summed E-state index contributed by atoms with van der Waals surface area (Å²) in [6.07, 6.45) is 6.10. The van der Waals surface area contributed by atoms with Crippen LogP contribution < -0.4 is 0 Å². The third-order valence-corrected chi connectivity index (χ3v) is 7.76. The molecule has 0 saturated heterocycles. The molecule has 3 heteroatoms. The van der Waals surface area contributed by atoms with Crippen LogP contribution >= 0.6 is 0 Å². The number of benzene rings is 1. The highest BCUT2D eigenvalue weighted by Gasteiger charge is 2.67. The van der Waals surface area contributed by atoms with Crippen molar-refractivity contribution in [3.63, 3.8) is 0 Å². The van der Waals surface area contributed by atoms with Gasteiger partial charge in [-0.3, -0.25) is 4.79 Å². The number of allylic oxidation sites excluding steroid dienone is 1. The van der Waals surface area contributed by atoms with Crippen molar-refractivity contribution in [3.8, 4) is 0 Å². The minimum absolute atomic E-state index is 0.142. The van der Waals surface area contributed by atoms with Crippen molar-refractivity contribution in [1.29, 1.82) is 0 Å². The number of aromatic nitrogens is 1. The number of hydrogen-bond acceptors (Lipinski definition) is 2.